The monoisotopic (exact) mass is 478 g/mol. The van der Waals surface area contributed by atoms with Crippen molar-refractivity contribution in [3.8, 4) is 0 Å². The Labute approximate surface area is 201 Å². The molecule has 1 saturated carbocycles. The van der Waals surface area contributed by atoms with E-state index in [2.05, 4.69) is 41.5 Å². The summed E-state index contributed by atoms with van der Waals surface area (Å²) in [6.45, 7) is 21.1. The molecule has 0 atom stereocenters. The fraction of sp³-hybridized carbons (Fsp3) is 0.808. The number of nitrogens with zero attached hydrogens (tertiary/aromatic N) is 2. The van der Waals surface area contributed by atoms with Gasteiger partial charge in [-0.1, -0.05) is 41.5 Å². The Morgan fingerprint density at radius 2 is 1.48 bits per heavy atom. The Morgan fingerprint density at radius 1 is 1.00 bits per heavy atom. The number of aromatic nitrogens is 1. The molecule has 33 heavy (non-hydrogen) atoms. The maximum Gasteiger partial charge on any atom is 0.410 e. The zero-order valence-corrected chi connectivity index (χ0v) is 23.7. The van der Waals surface area contributed by atoms with Gasteiger partial charge in [-0.05, 0) is 70.0 Å². The summed E-state index contributed by atoms with van der Waals surface area (Å²) in [4.78, 5) is 32.5. The molecular formula is C26H46N2O4Si. The molecule has 1 aromatic rings. The van der Waals surface area contributed by atoms with Crippen LogP contribution in [0.25, 0.3) is 0 Å². The molecule has 2 rings (SSSR count). The number of rotatable bonds is 7. The van der Waals surface area contributed by atoms with Gasteiger partial charge in [-0.25, -0.2) is 9.78 Å². The molecule has 1 aliphatic rings. The van der Waals surface area contributed by atoms with E-state index in [-0.39, 0.29) is 23.8 Å². The summed E-state index contributed by atoms with van der Waals surface area (Å²) in [7, 11) is -0.261. The van der Waals surface area contributed by atoms with Gasteiger partial charge in [-0.3, -0.25) is 4.79 Å². The highest BCUT2D eigenvalue weighted by atomic mass is 28.3. The first-order valence-electron chi connectivity index (χ1n) is 12.6. The highest BCUT2D eigenvalue weighted by molar-refractivity contribution is 6.93. The van der Waals surface area contributed by atoms with Crippen LogP contribution >= 0.6 is 0 Å². The van der Waals surface area contributed by atoms with E-state index in [0.29, 0.717) is 28.1 Å². The maximum absolute atomic E-state index is 13.5. The van der Waals surface area contributed by atoms with Gasteiger partial charge in [0.15, 0.2) is 19.4 Å². The third-order valence-electron chi connectivity index (χ3n) is 7.56. The Kier molecular flexibility index (Phi) is 8.64. The van der Waals surface area contributed by atoms with Crippen molar-refractivity contribution >= 4 is 25.5 Å². The molecule has 1 aliphatic carbocycles. The summed E-state index contributed by atoms with van der Waals surface area (Å²) in [6, 6.07) is 0.0979. The van der Waals surface area contributed by atoms with Gasteiger partial charge in [-0.15, -0.1) is 0 Å². The highest BCUT2D eigenvalue weighted by Gasteiger charge is 2.49. The smallest absolute Gasteiger partial charge is 0.410 e. The number of ketones is 1. The number of carbonyl (C=O) groups excluding carboxylic acids is 2. The Morgan fingerprint density at radius 3 is 1.91 bits per heavy atom. The minimum Gasteiger partial charge on any atom is -0.450 e. The molecule has 0 aromatic carbocycles. The Hall–Kier alpha value is -1.63. The number of Topliss-reactive ketones (excluding diaryl/α,β-unsaturated/α-hetero) is 1. The molecule has 0 aliphatic heterocycles. The van der Waals surface area contributed by atoms with Crippen molar-refractivity contribution in [2.75, 3.05) is 7.05 Å². The molecule has 7 heteroatoms. The van der Waals surface area contributed by atoms with Gasteiger partial charge in [0.25, 0.3) is 0 Å². The van der Waals surface area contributed by atoms with Crippen LogP contribution in [0.4, 0.5) is 4.79 Å². The van der Waals surface area contributed by atoms with E-state index in [1.807, 2.05) is 27.7 Å². The molecule has 1 heterocycles. The highest BCUT2D eigenvalue weighted by Crippen LogP contribution is 2.41. The second-order valence-corrected chi connectivity index (χ2v) is 17.5. The first-order chi connectivity index (χ1) is 15.1. The van der Waals surface area contributed by atoms with Gasteiger partial charge < -0.3 is 14.1 Å². The molecule has 188 valence electrons. The van der Waals surface area contributed by atoms with Crippen LogP contribution in [0.3, 0.4) is 0 Å². The second-order valence-electron chi connectivity index (χ2n) is 11.8. The number of hydrogen-bond donors (Lipinski definition) is 0. The second kappa shape index (κ2) is 10.3. The molecule has 0 bridgehead atoms. The van der Waals surface area contributed by atoms with Crippen LogP contribution in [0.1, 0.15) is 104 Å². The quantitative estimate of drug-likeness (QED) is 0.331. The predicted molar refractivity (Wildman–Crippen MR) is 136 cm³/mol. The summed E-state index contributed by atoms with van der Waals surface area (Å²) < 4.78 is 11.8. The summed E-state index contributed by atoms with van der Waals surface area (Å²) >= 11 is 0. The average Bonchev–Trinajstić information content (AvgIpc) is 3.06. The largest absolute Gasteiger partial charge is 0.450 e. The van der Waals surface area contributed by atoms with Crippen LogP contribution in [0.2, 0.25) is 16.6 Å². The maximum atomic E-state index is 13.5. The Balaban J connectivity index is 2.16. The minimum absolute atomic E-state index is 0.0712. The number of carbonyl (C=O) groups is 2. The fourth-order valence-corrected chi connectivity index (χ4v) is 12.1. The van der Waals surface area contributed by atoms with Gasteiger partial charge in [0.1, 0.15) is 17.1 Å². The fourth-order valence-electron chi connectivity index (χ4n) is 5.95. The van der Waals surface area contributed by atoms with Gasteiger partial charge in [0, 0.05) is 19.0 Å². The third kappa shape index (κ3) is 5.72. The SMILES string of the molecule is Cc1oc([Si](C(C)C)(C(C)C)C(C)C)nc1C(=O)[C@H]1CC[C@@H](N(C)C(=O)OC(C)(C)C)CC1. The average molecular weight is 479 g/mol. The minimum atomic E-state index is -2.06. The first-order valence-corrected chi connectivity index (χ1v) is 14.8. The molecule has 6 nitrogen and oxygen atoms in total. The van der Waals surface area contributed by atoms with Gasteiger partial charge in [0.2, 0.25) is 0 Å². The number of oxazole rings is 1. The van der Waals surface area contributed by atoms with Crippen molar-refractivity contribution in [3.05, 3.63) is 11.5 Å². The zero-order chi connectivity index (χ0) is 25.3. The molecular weight excluding hydrogens is 432 g/mol. The van der Waals surface area contributed by atoms with Crippen molar-refractivity contribution in [1.82, 2.24) is 9.88 Å². The number of amides is 1. The van der Waals surface area contributed by atoms with E-state index in [0.717, 1.165) is 31.2 Å². The van der Waals surface area contributed by atoms with E-state index in [1.54, 1.807) is 11.9 Å². The van der Waals surface area contributed by atoms with Crippen molar-refractivity contribution in [3.63, 3.8) is 0 Å². The first kappa shape index (κ1) is 27.6. The normalized spacial score (nSPS) is 19.9. The van der Waals surface area contributed by atoms with Gasteiger partial charge in [-0.2, -0.15) is 0 Å². The summed E-state index contributed by atoms with van der Waals surface area (Å²) in [6.07, 6.45) is 2.78. The van der Waals surface area contributed by atoms with Crippen LogP contribution in [0.15, 0.2) is 4.42 Å². The van der Waals surface area contributed by atoms with Crippen LogP contribution in [0, 0.1) is 12.8 Å². The van der Waals surface area contributed by atoms with E-state index >= 15 is 0 Å². The predicted octanol–water partition coefficient (Wildman–Crippen LogP) is 6.48. The van der Waals surface area contributed by atoms with E-state index in [9.17, 15) is 9.59 Å². The molecule has 0 N–H and O–H groups in total. The summed E-state index contributed by atoms with van der Waals surface area (Å²) in [5, 5.41) is 0. The van der Waals surface area contributed by atoms with Crippen LogP contribution < -0.4 is 5.51 Å². The third-order valence-corrected chi connectivity index (χ3v) is 14.2. The number of aryl methyl sites for hydroxylation is 1. The van der Waals surface area contributed by atoms with Crippen LogP contribution in [-0.2, 0) is 4.74 Å². The zero-order valence-electron chi connectivity index (χ0n) is 22.7. The van der Waals surface area contributed by atoms with Gasteiger partial charge in [0.05, 0.1) is 0 Å². The van der Waals surface area contributed by atoms with Crippen molar-refractivity contribution in [1.29, 1.82) is 0 Å². The Bertz CT molecular complexity index is 808. The molecule has 1 fully saturated rings. The summed E-state index contributed by atoms with van der Waals surface area (Å²) in [5.74, 6) is 0.681. The standard InChI is InChI=1S/C26H46N2O4Si/c1-16(2)33(17(3)4,18(5)6)24-27-22(19(7)31-24)23(29)20-12-14-21(15-13-20)28(11)25(30)32-26(8,9)10/h16-18,20-21H,12-15H2,1-11H3/t20-,21+. The van der Waals surface area contributed by atoms with E-state index in [1.165, 1.54) is 0 Å². The van der Waals surface area contributed by atoms with Crippen molar-refractivity contribution in [2.24, 2.45) is 5.92 Å². The summed E-state index contributed by atoms with van der Waals surface area (Å²) in [5.41, 5.74) is 2.25. The van der Waals surface area contributed by atoms with E-state index < -0.39 is 13.7 Å². The number of ether oxygens (including phenoxy) is 1. The molecule has 1 amide bonds. The lowest BCUT2D eigenvalue weighted by Crippen LogP contribution is -2.56. The van der Waals surface area contributed by atoms with Gasteiger partial charge >= 0.3 is 6.09 Å². The lowest BCUT2D eigenvalue weighted by Gasteiger charge is -2.39. The van der Waals surface area contributed by atoms with Crippen molar-refractivity contribution in [2.45, 2.75) is 123 Å². The number of hydrogen-bond acceptors (Lipinski definition) is 5. The lowest BCUT2D eigenvalue weighted by molar-refractivity contribution is 0.0175. The van der Waals surface area contributed by atoms with Crippen LogP contribution in [0.5, 0.6) is 0 Å². The van der Waals surface area contributed by atoms with Crippen molar-refractivity contribution < 1.29 is 18.7 Å². The van der Waals surface area contributed by atoms with Crippen LogP contribution in [-0.4, -0.2) is 48.5 Å². The molecule has 0 unspecified atom stereocenters. The molecule has 0 spiro atoms. The molecule has 0 radical (unpaired) electrons. The topological polar surface area (TPSA) is 72.6 Å². The van der Waals surface area contributed by atoms with E-state index in [4.69, 9.17) is 14.1 Å². The molecule has 0 saturated heterocycles. The molecule has 1 aromatic heterocycles. The lowest BCUT2D eigenvalue weighted by atomic mass is 9.82.